The first kappa shape index (κ1) is 23.0. The van der Waals surface area contributed by atoms with Crippen molar-refractivity contribution in [2.24, 2.45) is 0 Å². The molecule has 1 saturated carbocycles. The molecule has 1 amide bonds. The number of hydrogen-bond donors (Lipinski definition) is 1. The number of nitrogens with one attached hydrogen (secondary N) is 1. The lowest BCUT2D eigenvalue weighted by molar-refractivity contribution is -0.143. The van der Waals surface area contributed by atoms with E-state index >= 15 is 0 Å². The van der Waals surface area contributed by atoms with Gasteiger partial charge in [-0.1, -0.05) is 18.2 Å². The van der Waals surface area contributed by atoms with E-state index in [0.717, 1.165) is 40.7 Å². The van der Waals surface area contributed by atoms with Crippen molar-refractivity contribution >= 4 is 16.8 Å². The molecule has 0 bridgehead atoms. The van der Waals surface area contributed by atoms with E-state index in [2.05, 4.69) is 20.4 Å². The van der Waals surface area contributed by atoms with E-state index in [0.29, 0.717) is 18.4 Å². The van der Waals surface area contributed by atoms with Gasteiger partial charge in [-0.3, -0.25) is 9.48 Å². The van der Waals surface area contributed by atoms with Crippen molar-refractivity contribution in [3.05, 3.63) is 78.3 Å². The van der Waals surface area contributed by atoms with Gasteiger partial charge in [-0.25, -0.2) is 14.4 Å². The predicted octanol–water partition coefficient (Wildman–Crippen LogP) is 5.26. The Balaban J connectivity index is 1.53. The summed E-state index contributed by atoms with van der Waals surface area (Å²) in [5.74, 6) is -4.05. The largest absolute Gasteiger partial charge is 0.346 e. The number of amides is 1. The zero-order valence-electron chi connectivity index (χ0n) is 19.3. The van der Waals surface area contributed by atoms with Crippen LogP contribution >= 0.6 is 0 Å². The van der Waals surface area contributed by atoms with Crippen molar-refractivity contribution in [2.75, 3.05) is 0 Å². The average Bonchev–Trinajstić information content (AvgIpc) is 3.60. The van der Waals surface area contributed by atoms with Crippen molar-refractivity contribution in [3.8, 4) is 11.1 Å². The van der Waals surface area contributed by atoms with Gasteiger partial charge >= 0.3 is 5.92 Å². The number of carbonyl (C=O) groups is 1. The lowest BCUT2D eigenvalue weighted by Gasteiger charge is -2.27. The van der Waals surface area contributed by atoms with E-state index in [1.807, 2.05) is 18.2 Å². The van der Waals surface area contributed by atoms with Crippen molar-refractivity contribution in [1.82, 2.24) is 25.1 Å². The molecule has 0 radical (unpaired) electrons. The van der Waals surface area contributed by atoms with E-state index in [9.17, 15) is 18.0 Å². The van der Waals surface area contributed by atoms with Crippen LogP contribution in [-0.4, -0.2) is 37.6 Å². The highest BCUT2D eigenvalue weighted by Crippen LogP contribution is 2.38. The van der Waals surface area contributed by atoms with Crippen LogP contribution in [0.1, 0.15) is 50.0 Å². The Morgan fingerprint density at radius 2 is 1.71 bits per heavy atom. The number of rotatable bonds is 7. The number of fused-ring (bicyclic) bond motifs is 1. The van der Waals surface area contributed by atoms with Crippen LogP contribution in [0.3, 0.4) is 0 Å². The van der Waals surface area contributed by atoms with E-state index in [1.54, 1.807) is 42.3 Å². The molecule has 0 spiro atoms. The second-order valence-electron chi connectivity index (χ2n) is 9.11. The van der Waals surface area contributed by atoms with Crippen molar-refractivity contribution in [1.29, 1.82) is 0 Å². The maximum absolute atomic E-state index is 13.6. The molecule has 1 fully saturated rings. The second kappa shape index (κ2) is 8.79. The Labute approximate surface area is 200 Å². The molecule has 35 heavy (non-hydrogen) atoms. The number of hydrogen-bond acceptors (Lipinski definition) is 4. The van der Waals surface area contributed by atoms with Crippen LogP contribution in [0, 0.1) is 5.82 Å². The zero-order chi connectivity index (χ0) is 24.7. The highest BCUT2D eigenvalue weighted by molar-refractivity contribution is 5.85. The van der Waals surface area contributed by atoms with Gasteiger partial charge in [0.15, 0.2) is 0 Å². The van der Waals surface area contributed by atoms with Gasteiger partial charge in [-0.15, -0.1) is 0 Å². The standard InChI is InChI=1S/C26H24F3N5O/c1-15(33-25(35)26(2,28)29)23(20-12-30-24(31-13-20)17-3-4-17)34-22-10-7-18(11-19(22)14-32-34)16-5-8-21(27)9-6-16/h5-15,17,23H,3-4H2,1-2H3,(H,33,35)/t15?,23-/m0/s1. The summed E-state index contributed by atoms with van der Waals surface area (Å²) >= 11 is 0. The molecule has 1 aliphatic carbocycles. The molecule has 0 saturated heterocycles. The first-order valence-electron chi connectivity index (χ1n) is 11.4. The minimum absolute atomic E-state index is 0.311. The molecule has 1 N–H and O–H groups in total. The molecule has 1 aliphatic rings. The predicted molar refractivity (Wildman–Crippen MR) is 125 cm³/mol. The monoisotopic (exact) mass is 479 g/mol. The summed E-state index contributed by atoms with van der Waals surface area (Å²) in [6.45, 7) is 2.22. The average molecular weight is 480 g/mol. The maximum atomic E-state index is 13.6. The number of alkyl halides is 2. The number of aromatic nitrogens is 4. The Kier molecular flexibility index (Phi) is 5.78. The molecular formula is C26H24F3N5O. The quantitative estimate of drug-likeness (QED) is 0.393. The van der Waals surface area contributed by atoms with Crippen LogP contribution < -0.4 is 5.32 Å². The van der Waals surface area contributed by atoms with Crippen LogP contribution in [0.25, 0.3) is 22.0 Å². The molecule has 6 nitrogen and oxygen atoms in total. The molecule has 5 rings (SSSR count). The highest BCUT2D eigenvalue weighted by atomic mass is 19.3. The molecule has 2 heterocycles. The fraction of sp³-hybridized carbons (Fsp3) is 0.308. The third-order valence-corrected chi connectivity index (χ3v) is 6.24. The molecule has 4 aromatic rings. The second-order valence-corrected chi connectivity index (χ2v) is 9.11. The van der Waals surface area contributed by atoms with Gasteiger partial charge in [0.05, 0.1) is 17.8 Å². The summed E-state index contributed by atoms with van der Waals surface area (Å²) < 4.78 is 42.3. The number of halogens is 3. The SMILES string of the molecule is CC(NC(=O)C(C)(F)F)[C@@H](c1cnc(C2CC2)nc1)n1ncc2cc(-c3ccc(F)cc3)ccc21. The third-order valence-electron chi connectivity index (χ3n) is 6.24. The Hall–Kier alpha value is -3.75. The van der Waals surface area contributed by atoms with Crippen LogP contribution in [-0.2, 0) is 4.79 Å². The van der Waals surface area contributed by atoms with Crippen molar-refractivity contribution < 1.29 is 18.0 Å². The first-order valence-corrected chi connectivity index (χ1v) is 11.4. The van der Waals surface area contributed by atoms with Gasteiger partial charge in [0.25, 0.3) is 5.91 Å². The summed E-state index contributed by atoms with van der Waals surface area (Å²) in [6, 6.07) is 10.5. The molecule has 1 unspecified atom stereocenters. The highest BCUT2D eigenvalue weighted by Gasteiger charge is 2.36. The Morgan fingerprint density at radius 3 is 2.34 bits per heavy atom. The molecule has 180 valence electrons. The van der Waals surface area contributed by atoms with Crippen LogP contribution in [0.2, 0.25) is 0 Å². The zero-order valence-corrected chi connectivity index (χ0v) is 19.3. The molecule has 0 aliphatic heterocycles. The smallest absolute Gasteiger partial charge is 0.321 e. The summed E-state index contributed by atoms with van der Waals surface area (Å²) in [5.41, 5.74) is 3.14. The van der Waals surface area contributed by atoms with E-state index in [1.165, 1.54) is 12.1 Å². The van der Waals surface area contributed by atoms with Gasteiger partial charge in [-0.05, 0) is 55.2 Å². The Bertz CT molecular complexity index is 1360. The fourth-order valence-corrected chi connectivity index (χ4v) is 4.20. The van der Waals surface area contributed by atoms with Crippen LogP contribution in [0.4, 0.5) is 13.2 Å². The summed E-state index contributed by atoms with van der Waals surface area (Å²) in [4.78, 5) is 21.0. The molecule has 2 aromatic carbocycles. The maximum Gasteiger partial charge on any atom is 0.321 e. The molecule has 2 aromatic heterocycles. The lowest BCUT2D eigenvalue weighted by atomic mass is 10.0. The number of carbonyl (C=O) groups excluding carboxylic acids is 1. The summed E-state index contributed by atoms with van der Waals surface area (Å²) in [7, 11) is 0. The number of nitrogens with zero attached hydrogens (tertiary/aromatic N) is 4. The van der Waals surface area contributed by atoms with E-state index in [-0.39, 0.29) is 5.82 Å². The fourth-order valence-electron chi connectivity index (χ4n) is 4.20. The van der Waals surface area contributed by atoms with Crippen LogP contribution in [0.5, 0.6) is 0 Å². The van der Waals surface area contributed by atoms with E-state index in [4.69, 9.17) is 0 Å². The lowest BCUT2D eigenvalue weighted by Crippen LogP contribution is -2.46. The summed E-state index contributed by atoms with van der Waals surface area (Å²) in [6.07, 6.45) is 7.15. The first-order chi connectivity index (χ1) is 16.7. The van der Waals surface area contributed by atoms with Gasteiger partial charge in [0, 0.05) is 36.2 Å². The third kappa shape index (κ3) is 4.76. The van der Waals surface area contributed by atoms with Gasteiger partial charge in [0.2, 0.25) is 0 Å². The van der Waals surface area contributed by atoms with Crippen molar-refractivity contribution in [2.45, 2.75) is 50.6 Å². The van der Waals surface area contributed by atoms with Crippen molar-refractivity contribution in [3.63, 3.8) is 0 Å². The minimum atomic E-state index is -3.51. The van der Waals surface area contributed by atoms with Gasteiger partial charge in [-0.2, -0.15) is 13.9 Å². The topological polar surface area (TPSA) is 72.7 Å². The molecule has 2 atom stereocenters. The van der Waals surface area contributed by atoms with E-state index < -0.39 is 23.9 Å². The molecule has 9 heteroatoms. The normalized spacial score (nSPS) is 15.7. The van der Waals surface area contributed by atoms with Gasteiger partial charge < -0.3 is 5.32 Å². The number of benzene rings is 2. The Morgan fingerprint density at radius 1 is 1.06 bits per heavy atom. The summed E-state index contributed by atoms with van der Waals surface area (Å²) in [5, 5.41) is 7.78. The molecular weight excluding hydrogens is 455 g/mol. The van der Waals surface area contributed by atoms with Gasteiger partial charge in [0.1, 0.15) is 17.7 Å². The minimum Gasteiger partial charge on any atom is -0.346 e. The van der Waals surface area contributed by atoms with Crippen LogP contribution in [0.15, 0.2) is 61.1 Å².